The van der Waals surface area contributed by atoms with E-state index in [2.05, 4.69) is 87.6 Å². The lowest BCUT2D eigenvalue weighted by atomic mass is 9.92. The molecule has 2 heteroatoms. The van der Waals surface area contributed by atoms with Crippen molar-refractivity contribution in [3.63, 3.8) is 0 Å². The molecule has 0 saturated carbocycles. The van der Waals surface area contributed by atoms with Crippen LogP contribution < -0.4 is 4.74 Å². The third kappa shape index (κ3) is 8.31. The van der Waals surface area contributed by atoms with Gasteiger partial charge in [0.05, 0.1) is 6.61 Å². The average molecular weight is 458 g/mol. The van der Waals surface area contributed by atoms with Gasteiger partial charge < -0.3 is 4.74 Å². The molecule has 1 unspecified atom stereocenters. The van der Waals surface area contributed by atoms with Crippen molar-refractivity contribution >= 4 is 0 Å². The van der Waals surface area contributed by atoms with Crippen molar-refractivity contribution in [2.45, 2.75) is 90.9 Å². The van der Waals surface area contributed by atoms with Gasteiger partial charge in [-0.3, -0.25) is 4.98 Å². The second-order valence-electron chi connectivity index (χ2n) is 9.52. The lowest BCUT2D eigenvalue weighted by Crippen LogP contribution is -1.99. The summed E-state index contributed by atoms with van der Waals surface area (Å²) in [5.74, 6) is 1.30. The van der Waals surface area contributed by atoms with Gasteiger partial charge in [0.2, 0.25) is 0 Å². The van der Waals surface area contributed by atoms with Crippen molar-refractivity contribution in [1.82, 2.24) is 4.98 Å². The molecule has 0 amide bonds. The quantitative estimate of drug-likeness (QED) is 0.212. The van der Waals surface area contributed by atoms with Gasteiger partial charge in [0.25, 0.3) is 0 Å². The normalized spacial score (nSPS) is 12.0. The summed E-state index contributed by atoms with van der Waals surface area (Å²) in [6.45, 7) is 7.58. The number of nitrogens with zero attached hydrogens (tertiary/aromatic N) is 1. The fraction of sp³-hybridized carbons (Fsp3) is 0.469. The fourth-order valence-electron chi connectivity index (χ4n) is 4.37. The predicted molar refractivity (Wildman–Crippen MR) is 146 cm³/mol. The van der Waals surface area contributed by atoms with Crippen molar-refractivity contribution in [1.29, 1.82) is 0 Å². The summed E-state index contributed by atoms with van der Waals surface area (Å²) in [6, 6.07) is 21.9. The van der Waals surface area contributed by atoms with Crippen LogP contribution in [0.2, 0.25) is 0 Å². The zero-order valence-electron chi connectivity index (χ0n) is 21.6. The maximum atomic E-state index is 5.91. The van der Waals surface area contributed by atoms with Crippen LogP contribution in [0.5, 0.6) is 5.75 Å². The van der Waals surface area contributed by atoms with Crippen molar-refractivity contribution in [3.05, 3.63) is 83.7 Å². The highest BCUT2D eigenvalue weighted by molar-refractivity contribution is 5.64. The molecule has 3 aromatic rings. The van der Waals surface area contributed by atoms with Crippen LogP contribution >= 0.6 is 0 Å². The molecular formula is C32H43NO. The fourth-order valence-corrected chi connectivity index (χ4v) is 4.37. The summed E-state index contributed by atoms with van der Waals surface area (Å²) in [5, 5.41) is 0. The first-order valence-electron chi connectivity index (χ1n) is 13.5. The maximum absolute atomic E-state index is 5.91. The number of aromatic nitrogens is 1. The first-order chi connectivity index (χ1) is 16.7. The van der Waals surface area contributed by atoms with Gasteiger partial charge in [0.15, 0.2) is 0 Å². The Morgan fingerprint density at radius 1 is 0.647 bits per heavy atom. The minimum atomic E-state index is 0.337. The molecule has 1 atom stereocenters. The van der Waals surface area contributed by atoms with Gasteiger partial charge in [0, 0.05) is 17.8 Å². The summed E-state index contributed by atoms with van der Waals surface area (Å²) >= 11 is 0. The maximum Gasteiger partial charge on any atom is 0.119 e. The third-order valence-corrected chi connectivity index (χ3v) is 6.75. The molecule has 0 fully saturated rings. The second kappa shape index (κ2) is 14.6. The standard InChI is InChI=1S/C32H43NO/c1-4-6-8-10-12-24-34-32-22-19-29(20-23-32)28-16-14-27(15-17-28)26(3)30-18-21-31(33-25-30)13-11-9-7-5-2/h14-23,25-26H,4-13,24H2,1-3H3. The summed E-state index contributed by atoms with van der Waals surface area (Å²) in [4.78, 5) is 4.72. The molecule has 2 nitrogen and oxygen atoms in total. The number of pyridine rings is 1. The molecule has 0 spiro atoms. The van der Waals surface area contributed by atoms with Crippen molar-refractivity contribution in [3.8, 4) is 16.9 Å². The molecular weight excluding hydrogens is 414 g/mol. The molecule has 0 saturated heterocycles. The number of aryl methyl sites for hydroxylation is 1. The van der Waals surface area contributed by atoms with Gasteiger partial charge in [-0.05, 0) is 59.7 Å². The van der Waals surface area contributed by atoms with E-state index >= 15 is 0 Å². The molecule has 3 rings (SSSR count). The largest absolute Gasteiger partial charge is 0.494 e. The van der Waals surface area contributed by atoms with Crippen LogP contribution in [0.15, 0.2) is 66.9 Å². The topological polar surface area (TPSA) is 22.1 Å². The van der Waals surface area contributed by atoms with Crippen LogP contribution in [-0.2, 0) is 6.42 Å². The lowest BCUT2D eigenvalue weighted by Gasteiger charge is -2.14. The van der Waals surface area contributed by atoms with E-state index in [0.717, 1.165) is 25.2 Å². The van der Waals surface area contributed by atoms with E-state index in [4.69, 9.17) is 9.72 Å². The zero-order chi connectivity index (χ0) is 24.0. The minimum Gasteiger partial charge on any atom is -0.494 e. The molecule has 182 valence electrons. The van der Waals surface area contributed by atoms with E-state index in [0.29, 0.717) is 5.92 Å². The van der Waals surface area contributed by atoms with Gasteiger partial charge in [-0.25, -0.2) is 0 Å². The van der Waals surface area contributed by atoms with E-state index < -0.39 is 0 Å². The first kappa shape index (κ1) is 26.0. The smallest absolute Gasteiger partial charge is 0.119 e. The SMILES string of the molecule is CCCCCCCOc1ccc(-c2ccc(C(C)c3ccc(CCCCCC)nc3)cc2)cc1. The summed E-state index contributed by atoms with van der Waals surface area (Å²) in [6.07, 6.45) is 14.6. The Morgan fingerprint density at radius 3 is 1.85 bits per heavy atom. The highest BCUT2D eigenvalue weighted by atomic mass is 16.5. The molecule has 0 aliphatic carbocycles. The highest BCUT2D eigenvalue weighted by Crippen LogP contribution is 2.28. The Balaban J connectivity index is 1.51. The van der Waals surface area contributed by atoms with E-state index in [1.165, 1.54) is 79.3 Å². The minimum absolute atomic E-state index is 0.337. The molecule has 1 heterocycles. The van der Waals surface area contributed by atoms with E-state index in [-0.39, 0.29) is 0 Å². The number of rotatable bonds is 15. The average Bonchev–Trinajstić information content (AvgIpc) is 2.89. The Morgan fingerprint density at radius 2 is 1.24 bits per heavy atom. The number of benzene rings is 2. The molecule has 0 N–H and O–H groups in total. The summed E-state index contributed by atoms with van der Waals surface area (Å²) in [5.41, 5.74) is 6.28. The lowest BCUT2D eigenvalue weighted by molar-refractivity contribution is 0.304. The first-order valence-corrected chi connectivity index (χ1v) is 13.5. The van der Waals surface area contributed by atoms with Crippen molar-refractivity contribution in [2.75, 3.05) is 6.61 Å². The van der Waals surface area contributed by atoms with E-state index in [1.54, 1.807) is 0 Å². The Hall–Kier alpha value is -2.61. The van der Waals surface area contributed by atoms with E-state index in [9.17, 15) is 0 Å². The number of unbranched alkanes of at least 4 members (excludes halogenated alkanes) is 7. The monoisotopic (exact) mass is 457 g/mol. The van der Waals surface area contributed by atoms with Gasteiger partial charge in [0.1, 0.15) is 5.75 Å². The van der Waals surface area contributed by atoms with Crippen LogP contribution in [0.25, 0.3) is 11.1 Å². The third-order valence-electron chi connectivity index (χ3n) is 6.75. The van der Waals surface area contributed by atoms with Crippen LogP contribution in [0, 0.1) is 0 Å². The molecule has 2 aromatic carbocycles. The van der Waals surface area contributed by atoms with Gasteiger partial charge in [-0.2, -0.15) is 0 Å². The van der Waals surface area contributed by atoms with Crippen molar-refractivity contribution in [2.24, 2.45) is 0 Å². The molecule has 0 aliphatic rings. The Kier molecular flexibility index (Phi) is 11.2. The number of hydrogen-bond donors (Lipinski definition) is 0. The van der Waals surface area contributed by atoms with Crippen molar-refractivity contribution < 1.29 is 4.74 Å². The van der Waals surface area contributed by atoms with Crippen LogP contribution in [0.1, 0.15) is 101 Å². The van der Waals surface area contributed by atoms with Gasteiger partial charge in [-0.1, -0.05) is 108 Å². The summed E-state index contributed by atoms with van der Waals surface area (Å²) in [7, 11) is 0. The Bertz CT molecular complexity index is 928. The Labute approximate surface area is 207 Å². The van der Waals surface area contributed by atoms with Gasteiger partial charge in [-0.15, -0.1) is 0 Å². The number of ether oxygens (including phenoxy) is 1. The molecule has 0 bridgehead atoms. The van der Waals surface area contributed by atoms with Gasteiger partial charge >= 0.3 is 0 Å². The predicted octanol–water partition coefficient (Wildman–Crippen LogP) is 9.37. The molecule has 1 aromatic heterocycles. The molecule has 34 heavy (non-hydrogen) atoms. The van der Waals surface area contributed by atoms with Crippen LogP contribution in [0.4, 0.5) is 0 Å². The summed E-state index contributed by atoms with van der Waals surface area (Å²) < 4.78 is 5.91. The number of hydrogen-bond acceptors (Lipinski definition) is 2. The molecule has 0 aliphatic heterocycles. The van der Waals surface area contributed by atoms with E-state index in [1.807, 2.05) is 0 Å². The van der Waals surface area contributed by atoms with Crippen LogP contribution in [-0.4, -0.2) is 11.6 Å². The zero-order valence-corrected chi connectivity index (χ0v) is 21.6. The second-order valence-corrected chi connectivity index (χ2v) is 9.52. The molecule has 0 radical (unpaired) electrons. The van der Waals surface area contributed by atoms with Crippen LogP contribution in [0.3, 0.4) is 0 Å². The highest BCUT2D eigenvalue weighted by Gasteiger charge is 2.10.